The van der Waals surface area contributed by atoms with E-state index in [4.69, 9.17) is 17.0 Å². The van der Waals surface area contributed by atoms with Crippen LogP contribution in [0.15, 0.2) is 17.5 Å². The maximum Gasteiger partial charge on any atom is 0.309 e. The largest absolute Gasteiger partial charge is 0.466 e. The normalized spacial score (nSPS) is 21.3. The molecular formula is C15H21N4O2S2+. The molecule has 2 N–H and O–H groups in total. The number of likely N-dealkylation sites (tertiary alicyclic amines) is 1. The Balaban J connectivity index is 1.59. The Morgan fingerprint density at radius 3 is 3.00 bits per heavy atom. The fourth-order valence-corrected chi connectivity index (χ4v) is 3.76. The SMILES string of the molecule is CCOC(=O)C1CC[NH+](Cn2[nH]c(-c3cccs3)nc2=S)CC1. The number of nitrogens with one attached hydrogen (secondary N) is 2. The summed E-state index contributed by atoms with van der Waals surface area (Å²) in [5, 5.41) is 5.31. The van der Waals surface area contributed by atoms with Gasteiger partial charge in [-0.3, -0.25) is 9.89 Å². The summed E-state index contributed by atoms with van der Waals surface area (Å²) >= 11 is 6.99. The minimum Gasteiger partial charge on any atom is -0.466 e. The van der Waals surface area contributed by atoms with Crippen molar-refractivity contribution in [1.82, 2.24) is 14.8 Å². The van der Waals surface area contributed by atoms with Crippen molar-refractivity contribution in [3.05, 3.63) is 22.3 Å². The Bertz CT molecular complexity index is 699. The van der Waals surface area contributed by atoms with Crippen LogP contribution in [0.3, 0.4) is 0 Å². The first-order valence-corrected chi connectivity index (χ1v) is 9.17. The van der Waals surface area contributed by atoms with Crippen molar-refractivity contribution in [1.29, 1.82) is 0 Å². The van der Waals surface area contributed by atoms with Gasteiger partial charge in [-0.2, -0.15) is 4.98 Å². The quantitative estimate of drug-likeness (QED) is 0.631. The second-order valence-electron chi connectivity index (χ2n) is 5.69. The topological polar surface area (TPSA) is 64.3 Å². The molecule has 1 saturated heterocycles. The van der Waals surface area contributed by atoms with E-state index in [1.807, 2.05) is 29.1 Å². The zero-order valence-corrected chi connectivity index (χ0v) is 14.7. The van der Waals surface area contributed by atoms with Gasteiger partial charge in [-0.1, -0.05) is 6.07 Å². The Hall–Kier alpha value is -1.51. The molecule has 124 valence electrons. The fourth-order valence-electron chi connectivity index (χ4n) is 2.89. The van der Waals surface area contributed by atoms with Crippen molar-refractivity contribution in [2.75, 3.05) is 19.7 Å². The van der Waals surface area contributed by atoms with E-state index in [0.717, 1.165) is 43.3 Å². The third-order valence-electron chi connectivity index (χ3n) is 4.13. The predicted octanol–water partition coefficient (Wildman–Crippen LogP) is 1.48. The molecule has 2 aromatic rings. The number of aromatic nitrogens is 3. The van der Waals surface area contributed by atoms with Gasteiger partial charge in [0.1, 0.15) is 0 Å². The summed E-state index contributed by atoms with van der Waals surface area (Å²) in [6.45, 7) is 4.95. The molecule has 23 heavy (non-hydrogen) atoms. The van der Waals surface area contributed by atoms with Crippen molar-refractivity contribution in [3.8, 4) is 10.7 Å². The predicted molar refractivity (Wildman–Crippen MR) is 90.8 cm³/mol. The Labute approximate surface area is 144 Å². The summed E-state index contributed by atoms with van der Waals surface area (Å²) < 4.78 is 7.61. The molecule has 1 aliphatic heterocycles. The summed E-state index contributed by atoms with van der Waals surface area (Å²) in [5.74, 6) is 0.825. The smallest absolute Gasteiger partial charge is 0.309 e. The number of thiophene rings is 1. The number of hydrogen-bond donors (Lipinski definition) is 2. The number of aromatic amines is 1. The number of piperidine rings is 1. The van der Waals surface area contributed by atoms with Crippen LogP contribution in [-0.2, 0) is 16.2 Å². The first-order valence-electron chi connectivity index (χ1n) is 7.88. The Morgan fingerprint density at radius 1 is 1.57 bits per heavy atom. The van der Waals surface area contributed by atoms with Crippen LogP contribution in [0.1, 0.15) is 19.8 Å². The zero-order chi connectivity index (χ0) is 16.2. The van der Waals surface area contributed by atoms with Crippen LogP contribution < -0.4 is 4.90 Å². The van der Waals surface area contributed by atoms with Crippen molar-refractivity contribution >= 4 is 29.5 Å². The molecule has 0 spiro atoms. The number of ether oxygens (including phenoxy) is 1. The standard InChI is InChI=1S/C15H20N4O2S2/c1-2-21-14(20)11-5-7-18(8-6-11)10-19-15(22)16-13(17-19)12-4-3-9-23-12/h3-4,9,11H,2,5-8,10H2,1H3,(H,16,17,22)/p+1. The van der Waals surface area contributed by atoms with E-state index in [9.17, 15) is 4.79 Å². The first kappa shape index (κ1) is 16.4. The molecule has 0 aromatic carbocycles. The number of carbonyl (C=O) groups excluding carboxylic acids is 1. The monoisotopic (exact) mass is 353 g/mol. The number of nitrogens with zero attached hydrogens (tertiary/aromatic N) is 2. The fraction of sp³-hybridized carbons (Fsp3) is 0.533. The average Bonchev–Trinajstić information content (AvgIpc) is 3.19. The van der Waals surface area contributed by atoms with Crippen LogP contribution in [0, 0.1) is 10.7 Å². The maximum absolute atomic E-state index is 11.8. The number of H-pyrrole nitrogens is 1. The van der Waals surface area contributed by atoms with Gasteiger partial charge in [-0.25, -0.2) is 4.68 Å². The van der Waals surface area contributed by atoms with E-state index in [2.05, 4.69) is 10.1 Å². The Kier molecular flexibility index (Phi) is 5.24. The van der Waals surface area contributed by atoms with Gasteiger partial charge in [0.05, 0.1) is 30.5 Å². The zero-order valence-electron chi connectivity index (χ0n) is 13.1. The molecule has 2 aromatic heterocycles. The summed E-state index contributed by atoms with van der Waals surface area (Å²) in [6.07, 6.45) is 1.74. The van der Waals surface area contributed by atoms with Crippen molar-refractivity contribution in [2.45, 2.75) is 26.4 Å². The molecule has 0 aliphatic carbocycles. The van der Waals surface area contributed by atoms with Gasteiger partial charge >= 0.3 is 5.97 Å². The van der Waals surface area contributed by atoms with Crippen LogP contribution in [-0.4, -0.2) is 40.4 Å². The minimum atomic E-state index is -0.0512. The van der Waals surface area contributed by atoms with Gasteiger partial charge < -0.3 is 9.64 Å². The van der Waals surface area contributed by atoms with E-state index < -0.39 is 0 Å². The number of esters is 1. The highest BCUT2D eigenvalue weighted by Gasteiger charge is 2.28. The molecule has 3 rings (SSSR count). The number of rotatable bonds is 5. The van der Waals surface area contributed by atoms with Gasteiger partial charge in [0, 0.05) is 12.8 Å². The molecule has 0 radical (unpaired) electrons. The molecule has 1 aliphatic rings. The van der Waals surface area contributed by atoms with Crippen LogP contribution in [0.5, 0.6) is 0 Å². The van der Waals surface area contributed by atoms with E-state index in [1.54, 1.807) is 11.3 Å². The van der Waals surface area contributed by atoms with E-state index >= 15 is 0 Å². The minimum absolute atomic E-state index is 0.0510. The molecule has 3 heterocycles. The molecule has 0 saturated carbocycles. The van der Waals surface area contributed by atoms with Crippen LogP contribution in [0.2, 0.25) is 0 Å². The van der Waals surface area contributed by atoms with Crippen LogP contribution in [0.4, 0.5) is 0 Å². The third-order valence-corrected chi connectivity index (χ3v) is 5.32. The molecule has 1 fully saturated rings. The van der Waals surface area contributed by atoms with Crippen LogP contribution in [0.25, 0.3) is 10.7 Å². The summed E-state index contributed by atoms with van der Waals surface area (Å²) in [7, 11) is 0. The second-order valence-corrected chi connectivity index (χ2v) is 7.01. The Morgan fingerprint density at radius 2 is 2.35 bits per heavy atom. The van der Waals surface area contributed by atoms with E-state index in [1.165, 1.54) is 4.90 Å². The molecule has 6 nitrogen and oxygen atoms in total. The van der Waals surface area contributed by atoms with Gasteiger partial charge in [-0.15, -0.1) is 11.3 Å². The van der Waals surface area contributed by atoms with Gasteiger partial charge in [0.25, 0.3) is 0 Å². The van der Waals surface area contributed by atoms with Gasteiger partial charge in [0.2, 0.25) is 4.77 Å². The van der Waals surface area contributed by atoms with Crippen molar-refractivity contribution < 1.29 is 14.4 Å². The summed E-state index contributed by atoms with van der Waals surface area (Å²) in [6, 6.07) is 4.03. The molecule has 0 amide bonds. The van der Waals surface area contributed by atoms with Gasteiger partial charge in [-0.05, 0) is 30.6 Å². The van der Waals surface area contributed by atoms with Crippen LogP contribution >= 0.6 is 23.6 Å². The highest BCUT2D eigenvalue weighted by molar-refractivity contribution is 7.71. The third kappa shape index (κ3) is 3.88. The van der Waals surface area contributed by atoms with E-state index in [0.29, 0.717) is 11.4 Å². The number of hydrogen-bond acceptors (Lipinski definition) is 5. The molecule has 8 heteroatoms. The number of carbonyl (C=O) groups is 1. The second kappa shape index (κ2) is 7.37. The molecule has 0 unspecified atom stereocenters. The average molecular weight is 353 g/mol. The van der Waals surface area contributed by atoms with E-state index in [-0.39, 0.29) is 11.9 Å². The lowest BCUT2D eigenvalue weighted by Crippen LogP contribution is -3.12. The molecule has 0 atom stereocenters. The summed E-state index contributed by atoms with van der Waals surface area (Å²) in [4.78, 5) is 18.7. The number of quaternary nitrogens is 1. The highest BCUT2D eigenvalue weighted by atomic mass is 32.1. The molecular weight excluding hydrogens is 332 g/mol. The highest BCUT2D eigenvalue weighted by Crippen LogP contribution is 2.20. The lowest BCUT2D eigenvalue weighted by Gasteiger charge is -2.27. The molecule has 0 bridgehead atoms. The summed E-state index contributed by atoms with van der Waals surface area (Å²) in [5.41, 5.74) is 0. The maximum atomic E-state index is 11.8. The van der Waals surface area contributed by atoms with Crippen molar-refractivity contribution in [2.24, 2.45) is 5.92 Å². The lowest BCUT2D eigenvalue weighted by molar-refractivity contribution is -0.929. The van der Waals surface area contributed by atoms with Crippen molar-refractivity contribution in [3.63, 3.8) is 0 Å². The first-order chi connectivity index (χ1) is 11.2. The lowest BCUT2D eigenvalue weighted by atomic mass is 9.97. The van der Waals surface area contributed by atoms with Gasteiger partial charge in [0.15, 0.2) is 12.5 Å².